The van der Waals surface area contributed by atoms with Gasteiger partial charge in [-0.15, -0.1) is 0 Å². The monoisotopic (exact) mass is 286 g/mol. The minimum absolute atomic E-state index is 0.207. The van der Waals surface area contributed by atoms with Crippen molar-refractivity contribution in [2.45, 2.75) is 11.2 Å². The Morgan fingerprint density at radius 1 is 1.21 bits per heavy atom. The Hall–Kier alpha value is -1.61. The summed E-state index contributed by atoms with van der Waals surface area (Å²) >= 11 is 1.20. The Balaban J connectivity index is 2.90. The van der Waals surface area contributed by atoms with Crippen molar-refractivity contribution >= 4 is 29.6 Å². The van der Waals surface area contributed by atoms with Crippen LogP contribution in [-0.4, -0.2) is 66.0 Å². The van der Waals surface area contributed by atoms with E-state index < -0.39 is 12.0 Å². The lowest BCUT2D eigenvalue weighted by Gasteiger charge is -2.16. The van der Waals surface area contributed by atoms with Crippen molar-refractivity contribution in [3.63, 3.8) is 0 Å². The number of nitrogens with zero attached hydrogens (tertiary/aromatic N) is 5. The van der Waals surface area contributed by atoms with E-state index in [1.54, 1.807) is 9.80 Å². The van der Waals surface area contributed by atoms with Crippen LogP contribution in [0.2, 0.25) is 0 Å². The number of nitrogens with two attached hydrogens (primary N) is 1. The quantitative estimate of drug-likeness (QED) is 0.669. The number of aromatic nitrogens is 3. The summed E-state index contributed by atoms with van der Waals surface area (Å²) in [6, 6.07) is -0.938. The van der Waals surface area contributed by atoms with Gasteiger partial charge < -0.3 is 20.6 Å². The molecule has 9 heteroatoms. The van der Waals surface area contributed by atoms with E-state index in [0.29, 0.717) is 17.1 Å². The second-order valence-corrected chi connectivity index (χ2v) is 5.25. The van der Waals surface area contributed by atoms with Crippen LogP contribution in [0.25, 0.3) is 0 Å². The molecule has 19 heavy (non-hydrogen) atoms. The largest absolute Gasteiger partial charge is 0.480 e. The van der Waals surface area contributed by atoms with Gasteiger partial charge in [-0.2, -0.15) is 15.0 Å². The van der Waals surface area contributed by atoms with Crippen molar-refractivity contribution in [3.05, 3.63) is 0 Å². The van der Waals surface area contributed by atoms with Gasteiger partial charge in [-0.25, -0.2) is 0 Å². The molecule has 0 amide bonds. The summed E-state index contributed by atoms with van der Waals surface area (Å²) in [6.07, 6.45) is 0. The van der Waals surface area contributed by atoms with Crippen LogP contribution >= 0.6 is 11.8 Å². The van der Waals surface area contributed by atoms with E-state index >= 15 is 0 Å². The van der Waals surface area contributed by atoms with Gasteiger partial charge in [0, 0.05) is 33.9 Å². The second-order valence-electron chi connectivity index (χ2n) is 4.26. The van der Waals surface area contributed by atoms with Crippen molar-refractivity contribution in [3.8, 4) is 0 Å². The van der Waals surface area contributed by atoms with Crippen molar-refractivity contribution < 1.29 is 9.90 Å². The molecule has 0 saturated heterocycles. The van der Waals surface area contributed by atoms with Crippen LogP contribution in [0.1, 0.15) is 0 Å². The highest BCUT2D eigenvalue weighted by Gasteiger charge is 2.15. The third kappa shape index (κ3) is 4.52. The lowest BCUT2D eigenvalue weighted by molar-refractivity contribution is -0.137. The first-order valence-electron chi connectivity index (χ1n) is 5.53. The Morgan fingerprint density at radius 3 is 2.05 bits per heavy atom. The van der Waals surface area contributed by atoms with Crippen molar-refractivity contribution in [2.75, 3.05) is 43.7 Å². The van der Waals surface area contributed by atoms with Gasteiger partial charge in [0.25, 0.3) is 0 Å². The average Bonchev–Trinajstić information content (AvgIpc) is 2.35. The molecule has 106 valence electrons. The zero-order valence-electron chi connectivity index (χ0n) is 11.4. The summed E-state index contributed by atoms with van der Waals surface area (Å²) in [5.74, 6) is 0.205. The highest BCUT2D eigenvalue weighted by Crippen LogP contribution is 2.19. The summed E-state index contributed by atoms with van der Waals surface area (Å²) in [4.78, 5) is 26.9. The molecular weight excluding hydrogens is 268 g/mol. The lowest BCUT2D eigenvalue weighted by Crippen LogP contribution is -2.32. The minimum Gasteiger partial charge on any atom is -0.480 e. The number of thioether (sulfide) groups is 1. The van der Waals surface area contributed by atoms with E-state index in [2.05, 4.69) is 15.0 Å². The first-order valence-corrected chi connectivity index (χ1v) is 6.51. The molecule has 1 unspecified atom stereocenters. The number of carbonyl (C=O) groups is 1. The lowest BCUT2D eigenvalue weighted by atomic mass is 10.4. The van der Waals surface area contributed by atoms with Crippen LogP contribution in [0.3, 0.4) is 0 Å². The number of aliphatic carboxylic acids is 1. The fourth-order valence-electron chi connectivity index (χ4n) is 1.04. The molecule has 0 radical (unpaired) electrons. The predicted octanol–water partition coefficient (Wildman–Crippen LogP) is -0.492. The molecule has 0 saturated carbocycles. The van der Waals surface area contributed by atoms with Crippen LogP contribution in [0.4, 0.5) is 11.9 Å². The fraction of sp³-hybridized carbons (Fsp3) is 0.600. The Morgan fingerprint density at radius 2 is 1.68 bits per heavy atom. The van der Waals surface area contributed by atoms with E-state index in [4.69, 9.17) is 10.8 Å². The molecule has 0 aliphatic rings. The van der Waals surface area contributed by atoms with Crippen LogP contribution in [0.5, 0.6) is 0 Å². The summed E-state index contributed by atoms with van der Waals surface area (Å²) in [5, 5.41) is 9.20. The van der Waals surface area contributed by atoms with Crippen LogP contribution in [0.15, 0.2) is 5.16 Å². The average molecular weight is 286 g/mol. The molecule has 8 nitrogen and oxygen atoms in total. The first-order chi connectivity index (χ1) is 8.81. The maximum absolute atomic E-state index is 10.7. The van der Waals surface area contributed by atoms with Gasteiger partial charge in [0.1, 0.15) is 6.04 Å². The number of carboxylic acids is 1. The van der Waals surface area contributed by atoms with Gasteiger partial charge in [0.05, 0.1) is 0 Å². The molecule has 1 aromatic rings. The van der Waals surface area contributed by atoms with Gasteiger partial charge >= 0.3 is 5.97 Å². The standard InChI is InChI=1S/C10H18N6O2S/c1-15(2)8-12-9(16(3)4)14-10(13-8)19-5-6(11)7(17)18/h6H,5,11H2,1-4H3,(H,17,18). The third-order valence-corrected chi connectivity index (χ3v) is 3.07. The van der Waals surface area contributed by atoms with E-state index in [0.717, 1.165) is 0 Å². The van der Waals surface area contributed by atoms with E-state index in [1.807, 2.05) is 28.2 Å². The molecular formula is C10H18N6O2S. The first kappa shape index (κ1) is 15.4. The number of carboxylic acid groups (broad SMARTS) is 1. The number of hydrogen-bond acceptors (Lipinski definition) is 8. The van der Waals surface area contributed by atoms with Crippen molar-refractivity contribution in [1.82, 2.24) is 15.0 Å². The maximum Gasteiger partial charge on any atom is 0.321 e. The molecule has 3 N–H and O–H groups in total. The highest BCUT2D eigenvalue weighted by atomic mass is 32.2. The van der Waals surface area contributed by atoms with Crippen molar-refractivity contribution in [1.29, 1.82) is 0 Å². The number of anilines is 2. The number of rotatable bonds is 6. The van der Waals surface area contributed by atoms with Gasteiger partial charge in [-0.1, -0.05) is 11.8 Å². The summed E-state index contributed by atoms with van der Waals surface area (Å²) in [5.41, 5.74) is 5.45. The molecule has 0 fully saturated rings. The minimum atomic E-state index is -1.04. The Labute approximate surface area is 116 Å². The predicted molar refractivity (Wildman–Crippen MR) is 74.8 cm³/mol. The highest BCUT2D eigenvalue weighted by molar-refractivity contribution is 7.99. The SMILES string of the molecule is CN(C)c1nc(SCC(N)C(=O)O)nc(N(C)C)n1. The van der Waals surface area contributed by atoms with Gasteiger partial charge in [0.2, 0.25) is 11.9 Å². The van der Waals surface area contributed by atoms with Crippen molar-refractivity contribution in [2.24, 2.45) is 5.73 Å². The third-order valence-electron chi connectivity index (χ3n) is 2.10. The molecule has 1 rings (SSSR count). The van der Waals surface area contributed by atoms with Gasteiger partial charge in [-0.3, -0.25) is 4.79 Å². The van der Waals surface area contributed by atoms with Gasteiger partial charge in [-0.05, 0) is 0 Å². The summed E-state index contributed by atoms with van der Waals surface area (Å²) in [7, 11) is 7.30. The normalized spacial score (nSPS) is 12.1. The number of hydrogen-bond donors (Lipinski definition) is 2. The molecule has 0 aliphatic carbocycles. The molecule has 0 aromatic carbocycles. The van der Waals surface area contributed by atoms with E-state index in [9.17, 15) is 4.79 Å². The topological polar surface area (TPSA) is 108 Å². The fourth-order valence-corrected chi connectivity index (χ4v) is 1.80. The molecule has 0 bridgehead atoms. The zero-order chi connectivity index (χ0) is 14.6. The van der Waals surface area contributed by atoms with E-state index in [-0.39, 0.29) is 5.75 Å². The van der Waals surface area contributed by atoms with Crippen LogP contribution in [-0.2, 0) is 4.79 Å². The zero-order valence-corrected chi connectivity index (χ0v) is 12.2. The van der Waals surface area contributed by atoms with Crippen LogP contribution in [0, 0.1) is 0 Å². The summed E-state index contributed by atoms with van der Waals surface area (Å²) in [6.45, 7) is 0. The Bertz CT molecular complexity index is 427. The maximum atomic E-state index is 10.7. The second kappa shape index (κ2) is 6.53. The molecule has 1 aromatic heterocycles. The molecule has 1 atom stereocenters. The van der Waals surface area contributed by atoms with E-state index in [1.165, 1.54) is 11.8 Å². The smallest absolute Gasteiger partial charge is 0.321 e. The Kier molecular flexibility index (Phi) is 5.31. The molecule has 1 heterocycles. The molecule has 0 aliphatic heterocycles. The van der Waals surface area contributed by atoms with Gasteiger partial charge in [0.15, 0.2) is 5.16 Å². The summed E-state index contributed by atoms with van der Waals surface area (Å²) < 4.78 is 0. The molecule has 0 spiro atoms. The van der Waals surface area contributed by atoms with Crippen LogP contribution < -0.4 is 15.5 Å².